The average molecular weight is 374 g/mol. The van der Waals surface area contributed by atoms with Gasteiger partial charge < -0.3 is 9.30 Å². The summed E-state index contributed by atoms with van der Waals surface area (Å²) in [5.41, 5.74) is 4.15. The van der Waals surface area contributed by atoms with E-state index < -0.39 is 0 Å². The molecule has 4 aromatic rings. The monoisotopic (exact) mass is 374 g/mol. The van der Waals surface area contributed by atoms with Crippen LogP contribution < -0.4 is 4.74 Å². The zero-order valence-corrected chi connectivity index (χ0v) is 16.1. The highest BCUT2D eigenvalue weighted by atomic mass is 19.1. The van der Waals surface area contributed by atoms with E-state index in [1.165, 1.54) is 17.7 Å². The lowest BCUT2D eigenvalue weighted by atomic mass is 10.0. The summed E-state index contributed by atoms with van der Waals surface area (Å²) in [5.74, 6) is 1.93. The van der Waals surface area contributed by atoms with Crippen LogP contribution in [0.5, 0.6) is 5.75 Å². The van der Waals surface area contributed by atoms with Crippen molar-refractivity contribution in [3.05, 3.63) is 84.2 Å². The van der Waals surface area contributed by atoms with Gasteiger partial charge in [0.15, 0.2) is 0 Å². The third-order valence-corrected chi connectivity index (χ3v) is 4.89. The van der Waals surface area contributed by atoms with Crippen molar-refractivity contribution in [3.63, 3.8) is 0 Å². The number of hydrogen-bond acceptors (Lipinski definition) is 2. The summed E-state index contributed by atoms with van der Waals surface area (Å²) in [6.45, 7) is 5.53. The smallest absolute Gasteiger partial charge is 0.141 e. The third kappa shape index (κ3) is 3.77. The maximum absolute atomic E-state index is 13.3. The Morgan fingerprint density at radius 1 is 0.929 bits per heavy atom. The average Bonchev–Trinajstić information content (AvgIpc) is 3.08. The van der Waals surface area contributed by atoms with E-state index in [4.69, 9.17) is 9.72 Å². The summed E-state index contributed by atoms with van der Waals surface area (Å²) in [7, 11) is 0. The molecule has 0 saturated heterocycles. The Hall–Kier alpha value is -3.14. The molecule has 0 bridgehead atoms. The molecule has 0 N–H and O–H groups in total. The van der Waals surface area contributed by atoms with Gasteiger partial charge in [0.2, 0.25) is 0 Å². The van der Waals surface area contributed by atoms with Crippen LogP contribution in [-0.4, -0.2) is 16.2 Å². The van der Waals surface area contributed by atoms with Crippen molar-refractivity contribution in [1.29, 1.82) is 0 Å². The summed E-state index contributed by atoms with van der Waals surface area (Å²) in [6, 6.07) is 22.7. The first kappa shape index (κ1) is 18.2. The summed E-state index contributed by atoms with van der Waals surface area (Å²) in [6.07, 6.45) is 0. The van der Waals surface area contributed by atoms with Crippen LogP contribution in [0, 0.1) is 5.82 Å². The van der Waals surface area contributed by atoms with Crippen LogP contribution in [0.2, 0.25) is 0 Å². The molecule has 28 heavy (non-hydrogen) atoms. The molecule has 0 aliphatic rings. The number of rotatable bonds is 6. The number of aromatic nitrogens is 2. The predicted molar refractivity (Wildman–Crippen MR) is 111 cm³/mol. The standard InChI is InChI=1S/C24H23FN2O/c1-17(2)18-9-13-21(14-10-18)28-16-15-27-23-6-4-3-5-22(23)26-24(27)19-7-11-20(25)12-8-19/h3-14,17H,15-16H2,1-2H3. The highest BCUT2D eigenvalue weighted by molar-refractivity contribution is 5.80. The van der Waals surface area contributed by atoms with Crippen molar-refractivity contribution < 1.29 is 9.13 Å². The number of imidazole rings is 1. The zero-order chi connectivity index (χ0) is 19.5. The molecule has 1 aromatic heterocycles. The molecule has 4 rings (SSSR count). The van der Waals surface area contributed by atoms with Gasteiger partial charge in [0, 0.05) is 5.56 Å². The third-order valence-electron chi connectivity index (χ3n) is 4.89. The number of nitrogens with zero attached hydrogens (tertiary/aromatic N) is 2. The maximum Gasteiger partial charge on any atom is 0.141 e. The van der Waals surface area contributed by atoms with E-state index in [-0.39, 0.29) is 5.82 Å². The van der Waals surface area contributed by atoms with Crippen LogP contribution >= 0.6 is 0 Å². The van der Waals surface area contributed by atoms with Crippen molar-refractivity contribution in [3.8, 4) is 17.1 Å². The molecule has 3 aromatic carbocycles. The van der Waals surface area contributed by atoms with Gasteiger partial charge in [-0.25, -0.2) is 9.37 Å². The van der Waals surface area contributed by atoms with Gasteiger partial charge in [0.1, 0.15) is 24.0 Å². The fraction of sp³-hybridized carbons (Fsp3) is 0.208. The molecule has 1 heterocycles. The highest BCUT2D eigenvalue weighted by Crippen LogP contribution is 2.25. The molecule has 0 aliphatic carbocycles. The van der Waals surface area contributed by atoms with Crippen LogP contribution in [0.1, 0.15) is 25.3 Å². The minimum atomic E-state index is -0.250. The molecule has 0 saturated carbocycles. The van der Waals surface area contributed by atoms with Gasteiger partial charge in [-0.1, -0.05) is 38.1 Å². The molecule has 4 heteroatoms. The zero-order valence-electron chi connectivity index (χ0n) is 16.1. The SMILES string of the molecule is CC(C)c1ccc(OCCn2c(-c3ccc(F)cc3)nc3ccccc32)cc1. The van der Waals surface area contributed by atoms with E-state index >= 15 is 0 Å². The lowest BCUT2D eigenvalue weighted by Gasteiger charge is -2.12. The van der Waals surface area contributed by atoms with E-state index in [9.17, 15) is 4.39 Å². The second-order valence-corrected chi connectivity index (χ2v) is 7.15. The minimum Gasteiger partial charge on any atom is -0.492 e. The predicted octanol–water partition coefficient (Wildman–Crippen LogP) is 6.04. The van der Waals surface area contributed by atoms with Gasteiger partial charge in [-0.15, -0.1) is 0 Å². The van der Waals surface area contributed by atoms with Gasteiger partial charge in [0.05, 0.1) is 17.6 Å². The van der Waals surface area contributed by atoms with Gasteiger partial charge in [-0.3, -0.25) is 0 Å². The molecule has 0 spiro atoms. The van der Waals surface area contributed by atoms with Crippen molar-refractivity contribution >= 4 is 11.0 Å². The Kier molecular flexibility index (Phi) is 5.11. The fourth-order valence-electron chi connectivity index (χ4n) is 3.32. The topological polar surface area (TPSA) is 27.1 Å². The van der Waals surface area contributed by atoms with E-state index in [0.717, 1.165) is 28.2 Å². The molecular weight excluding hydrogens is 351 g/mol. The normalized spacial score (nSPS) is 11.3. The number of para-hydroxylation sites is 2. The van der Waals surface area contributed by atoms with E-state index in [1.54, 1.807) is 12.1 Å². The quantitative estimate of drug-likeness (QED) is 0.411. The molecule has 142 valence electrons. The van der Waals surface area contributed by atoms with Gasteiger partial charge >= 0.3 is 0 Å². The Bertz CT molecular complexity index is 1070. The fourth-order valence-corrected chi connectivity index (χ4v) is 3.32. The maximum atomic E-state index is 13.3. The summed E-state index contributed by atoms with van der Waals surface area (Å²) >= 11 is 0. The van der Waals surface area contributed by atoms with E-state index in [0.29, 0.717) is 19.1 Å². The van der Waals surface area contributed by atoms with Crippen molar-refractivity contribution in [2.24, 2.45) is 0 Å². The number of ether oxygens (including phenoxy) is 1. The second-order valence-electron chi connectivity index (χ2n) is 7.15. The van der Waals surface area contributed by atoms with Crippen molar-refractivity contribution in [2.75, 3.05) is 6.61 Å². The minimum absolute atomic E-state index is 0.250. The summed E-state index contributed by atoms with van der Waals surface area (Å²) in [5, 5.41) is 0. The first-order valence-electron chi connectivity index (χ1n) is 9.56. The lowest BCUT2D eigenvalue weighted by molar-refractivity contribution is 0.300. The van der Waals surface area contributed by atoms with Crippen LogP contribution in [0.4, 0.5) is 4.39 Å². The number of benzene rings is 3. The number of fused-ring (bicyclic) bond motifs is 1. The molecule has 0 amide bonds. The molecule has 0 atom stereocenters. The number of hydrogen-bond donors (Lipinski definition) is 0. The van der Waals surface area contributed by atoms with Gasteiger partial charge in [-0.05, 0) is 60.0 Å². The Morgan fingerprint density at radius 2 is 1.64 bits per heavy atom. The van der Waals surface area contributed by atoms with E-state index in [1.807, 2.05) is 36.4 Å². The largest absolute Gasteiger partial charge is 0.492 e. The molecule has 3 nitrogen and oxygen atoms in total. The van der Waals surface area contributed by atoms with E-state index in [2.05, 4.69) is 30.5 Å². The summed E-state index contributed by atoms with van der Waals surface area (Å²) < 4.78 is 21.4. The molecular formula is C24H23FN2O. The molecule has 0 unspecified atom stereocenters. The lowest BCUT2D eigenvalue weighted by Crippen LogP contribution is -2.09. The van der Waals surface area contributed by atoms with Gasteiger partial charge in [-0.2, -0.15) is 0 Å². The van der Waals surface area contributed by atoms with Crippen molar-refractivity contribution in [1.82, 2.24) is 9.55 Å². The molecule has 0 radical (unpaired) electrons. The van der Waals surface area contributed by atoms with Gasteiger partial charge in [0.25, 0.3) is 0 Å². The Labute approximate surface area is 164 Å². The highest BCUT2D eigenvalue weighted by Gasteiger charge is 2.12. The van der Waals surface area contributed by atoms with Crippen molar-refractivity contribution in [2.45, 2.75) is 26.3 Å². The second kappa shape index (κ2) is 7.85. The van der Waals surface area contributed by atoms with Crippen LogP contribution in [0.25, 0.3) is 22.4 Å². The Morgan fingerprint density at radius 3 is 2.36 bits per heavy atom. The van der Waals surface area contributed by atoms with Crippen LogP contribution in [0.15, 0.2) is 72.8 Å². The summed E-state index contributed by atoms with van der Waals surface area (Å²) in [4.78, 5) is 4.75. The molecule has 0 aliphatic heterocycles. The first-order valence-corrected chi connectivity index (χ1v) is 9.56. The number of halogens is 1. The van der Waals surface area contributed by atoms with Crippen LogP contribution in [-0.2, 0) is 6.54 Å². The molecule has 0 fully saturated rings. The van der Waals surface area contributed by atoms with Crippen LogP contribution in [0.3, 0.4) is 0 Å². The first-order chi connectivity index (χ1) is 13.6. The Balaban J connectivity index is 1.57.